The van der Waals surface area contributed by atoms with E-state index < -0.39 is 0 Å². The fraction of sp³-hybridized carbons (Fsp3) is 0.429. The van der Waals surface area contributed by atoms with Crippen molar-refractivity contribution in [2.24, 2.45) is 11.8 Å². The van der Waals surface area contributed by atoms with E-state index in [9.17, 15) is 4.79 Å². The van der Waals surface area contributed by atoms with Crippen molar-refractivity contribution in [1.82, 2.24) is 15.6 Å². The molecule has 1 fully saturated rings. The summed E-state index contributed by atoms with van der Waals surface area (Å²) in [5, 5.41) is 8.09. The van der Waals surface area contributed by atoms with Crippen LogP contribution in [0.5, 0.6) is 0 Å². The molecule has 0 saturated carbocycles. The first-order valence-electron chi connectivity index (χ1n) is 6.71. The smallest absolute Gasteiger partial charge is 0.236 e. The van der Waals surface area contributed by atoms with Crippen LogP contribution in [0.1, 0.15) is 12.6 Å². The zero-order valence-corrected chi connectivity index (χ0v) is 13.3. The normalized spacial score (nSPS) is 15.9. The SMILES string of the molecule is CC(C(=O)NCc1coc(-c2cccs2)n1)C1CNC1.Cl. The van der Waals surface area contributed by atoms with Gasteiger partial charge in [-0.05, 0) is 30.5 Å². The molecule has 0 bridgehead atoms. The number of hydrogen-bond acceptors (Lipinski definition) is 5. The number of rotatable bonds is 5. The molecule has 1 aliphatic rings. The van der Waals surface area contributed by atoms with Crippen molar-refractivity contribution >= 4 is 29.7 Å². The monoisotopic (exact) mass is 327 g/mol. The Morgan fingerprint density at radius 3 is 3.05 bits per heavy atom. The summed E-state index contributed by atoms with van der Waals surface area (Å²) < 4.78 is 5.42. The molecule has 2 aromatic rings. The Morgan fingerprint density at radius 2 is 2.43 bits per heavy atom. The Balaban J connectivity index is 0.00000161. The van der Waals surface area contributed by atoms with Crippen molar-refractivity contribution in [3.05, 3.63) is 29.5 Å². The second-order valence-electron chi connectivity index (χ2n) is 5.05. The van der Waals surface area contributed by atoms with Crippen molar-refractivity contribution in [2.45, 2.75) is 13.5 Å². The van der Waals surface area contributed by atoms with Crippen LogP contribution >= 0.6 is 23.7 Å². The Kier molecular flexibility index (Phi) is 5.39. The molecule has 3 heterocycles. The van der Waals surface area contributed by atoms with E-state index in [-0.39, 0.29) is 24.2 Å². The molecule has 1 aliphatic heterocycles. The number of hydrogen-bond donors (Lipinski definition) is 2. The lowest BCUT2D eigenvalue weighted by Crippen LogP contribution is -2.49. The summed E-state index contributed by atoms with van der Waals surface area (Å²) in [5.41, 5.74) is 0.751. The number of oxazole rings is 1. The van der Waals surface area contributed by atoms with Gasteiger partial charge in [-0.25, -0.2) is 4.98 Å². The lowest BCUT2D eigenvalue weighted by Gasteiger charge is -2.31. The second kappa shape index (κ2) is 7.06. The van der Waals surface area contributed by atoms with Crippen LogP contribution in [-0.4, -0.2) is 24.0 Å². The van der Waals surface area contributed by atoms with E-state index in [1.165, 1.54) is 0 Å². The lowest BCUT2D eigenvalue weighted by atomic mass is 9.88. The third kappa shape index (κ3) is 3.64. The van der Waals surface area contributed by atoms with Gasteiger partial charge < -0.3 is 15.1 Å². The zero-order chi connectivity index (χ0) is 13.9. The first-order chi connectivity index (χ1) is 9.74. The molecule has 1 amide bonds. The fourth-order valence-corrected chi connectivity index (χ4v) is 2.77. The molecule has 21 heavy (non-hydrogen) atoms. The van der Waals surface area contributed by atoms with Gasteiger partial charge in [0.15, 0.2) is 0 Å². The Hall–Kier alpha value is -1.37. The Bertz CT molecular complexity index is 581. The largest absolute Gasteiger partial charge is 0.443 e. The first-order valence-corrected chi connectivity index (χ1v) is 7.58. The minimum atomic E-state index is 0. The molecule has 2 aromatic heterocycles. The molecule has 1 saturated heterocycles. The Morgan fingerprint density at radius 1 is 1.62 bits per heavy atom. The van der Waals surface area contributed by atoms with Gasteiger partial charge in [0.25, 0.3) is 0 Å². The summed E-state index contributed by atoms with van der Waals surface area (Å²) >= 11 is 1.58. The molecule has 1 atom stereocenters. The van der Waals surface area contributed by atoms with Gasteiger partial charge in [-0.15, -0.1) is 23.7 Å². The average molecular weight is 328 g/mol. The number of nitrogens with one attached hydrogen (secondary N) is 2. The third-order valence-electron chi connectivity index (χ3n) is 3.66. The third-order valence-corrected chi connectivity index (χ3v) is 4.52. The number of carbonyl (C=O) groups is 1. The van der Waals surface area contributed by atoms with E-state index in [1.54, 1.807) is 17.6 Å². The highest BCUT2D eigenvalue weighted by molar-refractivity contribution is 7.13. The van der Waals surface area contributed by atoms with Gasteiger partial charge in [-0.3, -0.25) is 4.79 Å². The molecule has 0 aromatic carbocycles. The van der Waals surface area contributed by atoms with Crippen molar-refractivity contribution in [2.75, 3.05) is 13.1 Å². The molecule has 0 spiro atoms. The number of amides is 1. The van der Waals surface area contributed by atoms with E-state index in [4.69, 9.17) is 4.42 Å². The summed E-state index contributed by atoms with van der Waals surface area (Å²) in [6.07, 6.45) is 1.60. The van der Waals surface area contributed by atoms with Crippen LogP contribution in [0.4, 0.5) is 0 Å². The topological polar surface area (TPSA) is 67.2 Å². The highest BCUT2D eigenvalue weighted by Gasteiger charge is 2.28. The molecule has 3 rings (SSSR count). The first kappa shape index (κ1) is 16.0. The van der Waals surface area contributed by atoms with Gasteiger partial charge in [0.1, 0.15) is 6.26 Å². The van der Waals surface area contributed by atoms with Gasteiger partial charge in [0.2, 0.25) is 11.8 Å². The maximum atomic E-state index is 12.0. The number of halogens is 1. The minimum absolute atomic E-state index is 0. The predicted octanol–water partition coefficient (Wildman–Crippen LogP) is 2.30. The molecule has 5 nitrogen and oxygen atoms in total. The fourth-order valence-electron chi connectivity index (χ4n) is 2.12. The average Bonchev–Trinajstić information content (AvgIpc) is 3.04. The molecule has 2 N–H and O–H groups in total. The van der Waals surface area contributed by atoms with Crippen molar-refractivity contribution in [3.8, 4) is 10.8 Å². The van der Waals surface area contributed by atoms with Crippen molar-refractivity contribution < 1.29 is 9.21 Å². The van der Waals surface area contributed by atoms with Gasteiger partial charge >= 0.3 is 0 Å². The molecular formula is C14H18ClN3O2S. The summed E-state index contributed by atoms with van der Waals surface area (Å²) in [4.78, 5) is 17.4. The minimum Gasteiger partial charge on any atom is -0.443 e. The predicted molar refractivity (Wildman–Crippen MR) is 84.4 cm³/mol. The van der Waals surface area contributed by atoms with E-state index >= 15 is 0 Å². The number of carbonyl (C=O) groups excluding carboxylic acids is 1. The summed E-state index contributed by atoms with van der Waals surface area (Å²) in [6, 6.07) is 3.92. The quantitative estimate of drug-likeness (QED) is 0.884. The van der Waals surface area contributed by atoms with Gasteiger partial charge in [0.05, 0.1) is 17.1 Å². The summed E-state index contributed by atoms with van der Waals surface area (Å²) in [6.45, 7) is 4.25. The molecule has 0 radical (unpaired) electrons. The van der Waals surface area contributed by atoms with Crippen molar-refractivity contribution in [3.63, 3.8) is 0 Å². The van der Waals surface area contributed by atoms with Crippen LogP contribution in [0, 0.1) is 11.8 Å². The van der Waals surface area contributed by atoms with Crippen LogP contribution in [0.3, 0.4) is 0 Å². The van der Waals surface area contributed by atoms with Crippen LogP contribution < -0.4 is 10.6 Å². The zero-order valence-electron chi connectivity index (χ0n) is 11.7. The molecular weight excluding hydrogens is 310 g/mol. The lowest BCUT2D eigenvalue weighted by molar-refractivity contribution is -0.126. The Labute approximate surface area is 133 Å². The van der Waals surface area contributed by atoms with Crippen LogP contribution in [0.15, 0.2) is 28.2 Å². The van der Waals surface area contributed by atoms with Crippen LogP contribution in [0.25, 0.3) is 10.8 Å². The van der Waals surface area contributed by atoms with Gasteiger partial charge in [0, 0.05) is 5.92 Å². The highest BCUT2D eigenvalue weighted by Crippen LogP contribution is 2.23. The van der Waals surface area contributed by atoms with Crippen LogP contribution in [-0.2, 0) is 11.3 Å². The maximum Gasteiger partial charge on any atom is 0.236 e. The highest BCUT2D eigenvalue weighted by atomic mass is 35.5. The van der Waals surface area contributed by atoms with E-state index in [0.717, 1.165) is 23.7 Å². The van der Waals surface area contributed by atoms with Gasteiger partial charge in [-0.2, -0.15) is 0 Å². The van der Waals surface area contributed by atoms with E-state index in [1.807, 2.05) is 24.4 Å². The number of thiophene rings is 1. The van der Waals surface area contributed by atoms with E-state index in [2.05, 4.69) is 15.6 Å². The standard InChI is InChI=1S/C14H17N3O2S.ClH/c1-9(10-5-15-6-10)13(18)16-7-11-8-19-14(17-11)12-3-2-4-20-12;/h2-4,8-10,15H,5-7H2,1H3,(H,16,18);1H. The number of nitrogens with zero attached hydrogens (tertiary/aromatic N) is 1. The van der Waals surface area contributed by atoms with Crippen LogP contribution in [0.2, 0.25) is 0 Å². The maximum absolute atomic E-state index is 12.0. The van der Waals surface area contributed by atoms with E-state index in [0.29, 0.717) is 18.4 Å². The molecule has 114 valence electrons. The number of aromatic nitrogens is 1. The van der Waals surface area contributed by atoms with Crippen molar-refractivity contribution in [1.29, 1.82) is 0 Å². The molecule has 1 unspecified atom stereocenters. The summed E-state index contributed by atoms with van der Waals surface area (Å²) in [7, 11) is 0. The molecule has 7 heteroatoms. The molecule has 0 aliphatic carbocycles. The van der Waals surface area contributed by atoms with Gasteiger partial charge in [-0.1, -0.05) is 13.0 Å². The summed E-state index contributed by atoms with van der Waals surface area (Å²) in [5.74, 6) is 1.19. The second-order valence-corrected chi connectivity index (χ2v) is 5.99.